The minimum Gasteiger partial charge on any atom is -0.396 e. The molecular weight excluding hydrogens is 252 g/mol. The van der Waals surface area contributed by atoms with E-state index in [1.807, 2.05) is 42.5 Å². The number of aliphatic hydroxyl groups is 2. The van der Waals surface area contributed by atoms with Gasteiger partial charge >= 0.3 is 0 Å². The standard InChI is InChI=1S/C17H18O3/c18-11-10-16(20)17(14-4-2-1-3-5-14)15-8-6-13(12-19)7-9-15/h1-9,12,16-18,20H,10-11H2/t16-,17-/m0/s1. The molecule has 0 aliphatic carbocycles. The molecule has 0 amide bonds. The summed E-state index contributed by atoms with van der Waals surface area (Å²) in [6, 6.07) is 16.9. The SMILES string of the molecule is O=Cc1ccc([C@H](c2ccccc2)[C@@H](O)CCO)cc1. The van der Waals surface area contributed by atoms with Crippen molar-refractivity contribution in [3.05, 3.63) is 71.3 Å². The predicted octanol–water partition coefficient (Wildman–Crippen LogP) is 2.37. The number of benzene rings is 2. The molecule has 0 saturated carbocycles. The molecule has 0 unspecified atom stereocenters. The minimum atomic E-state index is -0.663. The fourth-order valence-corrected chi connectivity index (χ4v) is 2.38. The van der Waals surface area contributed by atoms with Crippen LogP contribution in [0.5, 0.6) is 0 Å². The topological polar surface area (TPSA) is 57.5 Å². The molecule has 2 aromatic carbocycles. The van der Waals surface area contributed by atoms with E-state index in [-0.39, 0.29) is 12.5 Å². The van der Waals surface area contributed by atoms with E-state index in [4.69, 9.17) is 5.11 Å². The largest absolute Gasteiger partial charge is 0.396 e. The number of hydrogen-bond acceptors (Lipinski definition) is 3. The molecule has 0 aliphatic heterocycles. The highest BCUT2D eigenvalue weighted by molar-refractivity contribution is 5.74. The number of hydrogen-bond donors (Lipinski definition) is 2. The maximum Gasteiger partial charge on any atom is 0.150 e. The Morgan fingerprint density at radius 3 is 2.10 bits per heavy atom. The molecule has 2 atom stereocenters. The highest BCUT2D eigenvalue weighted by Gasteiger charge is 2.22. The summed E-state index contributed by atoms with van der Waals surface area (Å²) in [7, 11) is 0. The molecule has 2 N–H and O–H groups in total. The molecule has 0 heterocycles. The van der Waals surface area contributed by atoms with Gasteiger partial charge in [-0.25, -0.2) is 0 Å². The number of aliphatic hydroxyl groups excluding tert-OH is 2. The van der Waals surface area contributed by atoms with E-state index >= 15 is 0 Å². The molecule has 0 bridgehead atoms. The lowest BCUT2D eigenvalue weighted by Crippen LogP contribution is -2.21. The van der Waals surface area contributed by atoms with E-state index in [0.717, 1.165) is 17.4 Å². The second kappa shape index (κ2) is 6.98. The summed E-state index contributed by atoms with van der Waals surface area (Å²) < 4.78 is 0. The van der Waals surface area contributed by atoms with Gasteiger partial charge in [-0.05, 0) is 17.5 Å². The fourth-order valence-electron chi connectivity index (χ4n) is 2.38. The monoisotopic (exact) mass is 270 g/mol. The normalized spacial score (nSPS) is 13.7. The van der Waals surface area contributed by atoms with Crippen LogP contribution in [0, 0.1) is 0 Å². The van der Waals surface area contributed by atoms with Crippen LogP contribution in [-0.4, -0.2) is 29.2 Å². The fraction of sp³-hybridized carbons (Fsp3) is 0.235. The summed E-state index contributed by atoms with van der Waals surface area (Å²) in [5, 5.41) is 19.4. The zero-order valence-electron chi connectivity index (χ0n) is 11.1. The Hall–Kier alpha value is -1.97. The van der Waals surface area contributed by atoms with Gasteiger partial charge in [0.1, 0.15) is 6.29 Å². The van der Waals surface area contributed by atoms with Gasteiger partial charge in [-0.3, -0.25) is 4.79 Å². The van der Waals surface area contributed by atoms with Gasteiger partial charge in [0.2, 0.25) is 0 Å². The first-order valence-electron chi connectivity index (χ1n) is 6.65. The Labute approximate surface area is 118 Å². The Bertz CT molecular complexity index is 534. The highest BCUT2D eigenvalue weighted by Crippen LogP contribution is 2.29. The molecule has 0 radical (unpaired) electrons. The molecule has 104 valence electrons. The van der Waals surface area contributed by atoms with Crippen LogP contribution in [0.2, 0.25) is 0 Å². The molecule has 2 aromatic rings. The lowest BCUT2D eigenvalue weighted by molar-refractivity contribution is 0.112. The molecule has 2 rings (SSSR count). The van der Waals surface area contributed by atoms with E-state index in [0.29, 0.717) is 12.0 Å². The lowest BCUT2D eigenvalue weighted by Gasteiger charge is -2.23. The lowest BCUT2D eigenvalue weighted by atomic mass is 9.85. The molecule has 0 saturated heterocycles. The summed E-state index contributed by atoms with van der Waals surface area (Å²) in [6.07, 6.45) is 0.449. The van der Waals surface area contributed by atoms with Crippen molar-refractivity contribution < 1.29 is 15.0 Å². The summed E-state index contributed by atoms with van der Waals surface area (Å²) in [5.74, 6) is -0.205. The first kappa shape index (κ1) is 14.4. The zero-order chi connectivity index (χ0) is 14.4. The quantitative estimate of drug-likeness (QED) is 0.792. The first-order valence-corrected chi connectivity index (χ1v) is 6.65. The Balaban J connectivity index is 2.37. The molecule has 0 aromatic heterocycles. The summed E-state index contributed by atoms with van der Waals surface area (Å²) in [5.41, 5.74) is 2.53. The zero-order valence-corrected chi connectivity index (χ0v) is 11.1. The molecule has 0 fully saturated rings. The van der Waals surface area contributed by atoms with Gasteiger partial charge < -0.3 is 10.2 Å². The van der Waals surface area contributed by atoms with Crippen LogP contribution in [0.4, 0.5) is 0 Å². The molecule has 0 spiro atoms. The number of rotatable bonds is 6. The molecule has 3 nitrogen and oxygen atoms in total. The first-order chi connectivity index (χ1) is 9.76. The van der Waals surface area contributed by atoms with Crippen LogP contribution < -0.4 is 0 Å². The molecular formula is C17H18O3. The van der Waals surface area contributed by atoms with E-state index in [1.165, 1.54) is 0 Å². The van der Waals surface area contributed by atoms with Crippen molar-refractivity contribution in [2.75, 3.05) is 6.61 Å². The molecule has 0 aliphatic rings. The van der Waals surface area contributed by atoms with Crippen molar-refractivity contribution in [2.45, 2.75) is 18.4 Å². The Morgan fingerprint density at radius 2 is 1.55 bits per heavy atom. The highest BCUT2D eigenvalue weighted by atomic mass is 16.3. The van der Waals surface area contributed by atoms with Crippen LogP contribution in [0.3, 0.4) is 0 Å². The van der Waals surface area contributed by atoms with E-state index in [2.05, 4.69) is 0 Å². The van der Waals surface area contributed by atoms with Crippen molar-refractivity contribution in [1.82, 2.24) is 0 Å². The van der Waals surface area contributed by atoms with Crippen molar-refractivity contribution in [3.8, 4) is 0 Å². The van der Waals surface area contributed by atoms with Crippen LogP contribution in [0.15, 0.2) is 54.6 Å². The second-order valence-electron chi connectivity index (χ2n) is 4.75. The Morgan fingerprint density at radius 1 is 0.950 bits per heavy atom. The number of carbonyl (C=O) groups excluding carboxylic acids is 1. The van der Waals surface area contributed by atoms with E-state index in [9.17, 15) is 9.90 Å². The van der Waals surface area contributed by atoms with E-state index < -0.39 is 6.10 Å². The molecule has 20 heavy (non-hydrogen) atoms. The Kier molecular flexibility index (Phi) is 5.04. The van der Waals surface area contributed by atoms with Crippen LogP contribution in [0.25, 0.3) is 0 Å². The van der Waals surface area contributed by atoms with Gasteiger partial charge in [0.05, 0.1) is 6.10 Å². The maximum atomic E-state index is 10.7. The average Bonchev–Trinajstić information content (AvgIpc) is 2.50. The van der Waals surface area contributed by atoms with Gasteiger partial charge in [0.15, 0.2) is 0 Å². The third-order valence-corrected chi connectivity index (χ3v) is 3.40. The third kappa shape index (κ3) is 3.32. The predicted molar refractivity (Wildman–Crippen MR) is 77.8 cm³/mol. The van der Waals surface area contributed by atoms with Gasteiger partial charge in [-0.15, -0.1) is 0 Å². The van der Waals surface area contributed by atoms with Crippen LogP contribution in [0.1, 0.15) is 33.8 Å². The molecule has 3 heteroatoms. The summed E-state index contributed by atoms with van der Waals surface area (Å²) in [6.45, 7) is -0.0586. The van der Waals surface area contributed by atoms with Gasteiger partial charge in [-0.1, -0.05) is 54.6 Å². The summed E-state index contributed by atoms with van der Waals surface area (Å²) in [4.78, 5) is 10.7. The van der Waals surface area contributed by atoms with Crippen LogP contribution in [-0.2, 0) is 0 Å². The number of aldehydes is 1. The number of carbonyl (C=O) groups is 1. The van der Waals surface area contributed by atoms with Crippen LogP contribution >= 0.6 is 0 Å². The third-order valence-electron chi connectivity index (χ3n) is 3.40. The average molecular weight is 270 g/mol. The summed E-state index contributed by atoms with van der Waals surface area (Å²) >= 11 is 0. The van der Waals surface area contributed by atoms with Gasteiger partial charge in [-0.2, -0.15) is 0 Å². The smallest absolute Gasteiger partial charge is 0.150 e. The van der Waals surface area contributed by atoms with Crippen molar-refractivity contribution in [1.29, 1.82) is 0 Å². The van der Waals surface area contributed by atoms with Crippen molar-refractivity contribution >= 4 is 6.29 Å². The maximum absolute atomic E-state index is 10.7. The second-order valence-corrected chi connectivity index (χ2v) is 4.75. The van der Waals surface area contributed by atoms with Gasteiger partial charge in [0.25, 0.3) is 0 Å². The van der Waals surface area contributed by atoms with E-state index in [1.54, 1.807) is 12.1 Å². The van der Waals surface area contributed by atoms with Crippen molar-refractivity contribution in [3.63, 3.8) is 0 Å². The van der Waals surface area contributed by atoms with Crippen molar-refractivity contribution in [2.24, 2.45) is 0 Å². The minimum absolute atomic E-state index is 0.0586. The van der Waals surface area contributed by atoms with Gasteiger partial charge in [0, 0.05) is 18.1 Å².